The van der Waals surface area contributed by atoms with Gasteiger partial charge in [-0.25, -0.2) is 0 Å². The van der Waals surface area contributed by atoms with Crippen molar-refractivity contribution in [2.45, 2.75) is 56.1 Å². The van der Waals surface area contributed by atoms with E-state index in [1.165, 1.54) is 19.1 Å². The summed E-state index contributed by atoms with van der Waals surface area (Å²) in [6.45, 7) is 0.550. The van der Waals surface area contributed by atoms with Crippen molar-refractivity contribution in [1.29, 1.82) is 0 Å². The molecule has 0 saturated heterocycles. The summed E-state index contributed by atoms with van der Waals surface area (Å²) in [6.07, 6.45) is -1.02. The number of primary amides is 1. The number of hydrogen-bond donors (Lipinski definition) is 17. The minimum Gasteiger partial charge on any atom is -0.508 e. The molecule has 1 amide bonds. The number of carbonyl (C=O) groups excluding carboxylic acids is 1. The lowest BCUT2D eigenvalue weighted by Gasteiger charge is -2.06. The number of aliphatic carboxylic acids is 6. The normalized spacial score (nSPS) is 13.0. The van der Waals surface area contributed by atoms with Gasteiger partial charge in [-0.05, 0) is 31.0 Å². The van der Waals surface area contributed by atoms with Crippen LogP contribution in [0.4, 0.5) is 0 Å². The number of thiol groups is 1. The van der Waals surface area contributed by atoms with Gasteiger partial charge in [0.25, 0.3) is 0 Å². The number of phenols is 1. The first kappa shape index (κ1) is 53.8. The Morgan fingerprint density at radius 1 is 0.694 bits per heavy atom. The summed E-state index contributed by atoms with van der Waals surface area (Å²) in [5, 5.41) is 73.6. The summed E-state index contributed by atoms with van der Waals surface area (Å²) in [4.78, 5) is 68.8. The van der Waals surface area contributed by atoms with Crippen molar-refractivity contribution in [3.63, 3.8) is 0 Å². The van der Waals surface area contributed by atoms with E-state index >= 15 is 0 Å². The topological polar surface area (TPSA) is 484 Å². The van der Waals surface area contributed by atoms with E-state index in [9.17, 15) is 33.6 Å². The summed E-state index contributed by atoms with van der Waals surface area (Å²) < 4.78 is 0. The molecular weight excluding hydrogens is 686 g/mol. The Balaban J connectivity index is -0.000000163. The number of carboxylic acid groups (broad SMARTS) is 6. The smallest absolute Gasteiger partial charge is 0.323 e. The number of aromatic hydroxyl groups is 1. The van der Waals surface area contributed by atoms with E-state index in [2.05, 4.69) is 24.1 Å². The molecule has 24 heteroatoms. The minimum atomic E-state index is -1.21. The number of carbonyl (C=O) groups is 7. The van der Waals surface area contributed by atoms with E-state index in [1.54, 1.807) is 12.1 Å². The summed E-state index contributed by atoms with van der Waals surface area (Å²) in [6, 6.07) is 1.16. The second kappa shape index (κ2) is 31.9. The third-order valence-electron chi connectivity index (χ3n) is 4.45. The molecule has 0 aliphatic carbocycles. The molecular formula is C25H47N7O16S. The van der Waals surface area contributed by atoms with Gasteiger partial charge in [-0.2, -0.15) is 12.6 Å². The van der Waals surface area contributed by atoms with E-state index in [4.69, 9.17) is 74.6 Å². The van der Waals surface area contributed by atoms with Crippen LogP contribution in [0.5, 0.6) is 5.75 Å². The molecule has 284 valence electrons. The SMILES string of the molecule is C[C@@H](O)[C@H](N)C(=O)O.NC(=O)C[C@H](N)C(=O)O.NCC(=O)O.N[C@@H](CO)C(=O)O.N[C@@H](CS)C(=O)O.N[C@@H](Cc1ccc(O)cc1)C(=O)O. The number of phenolic OH excluding ortho intramolecular Hbond substituents is 1. The van der Waals surface area contributed by atoms with Crippen LogP contribution in [0.1, 0.15) is 18.9 Å². The van der Waals surface area contributed by atoms with Crippen molar-refractivity contribution < 1.29 is 79.5 Å². The Morgan fingerprint density at radius 3 is 1.20 bits per heavy atom. The van der Waals surface area contributed by atoms with Crippen LogP contribution >= 0.6 is 12.6 Å². The van der Waals surface area contributed by atoms with Crippen molar-refractivity contribution in [3.8, 4) is 5.75 Å². The van der Waals surface area contributed by atoms with E-state index in [0.29, 0.717) is 0 Å². The lowest BCUT2D eigenvalue weighted by atomic mass is 10.1. The monoisotopic (exact) mass is 733 g/mol. The number of benzene rings is 1. The molecule has 0 aliphatic heterocycles. The van der Waals surface area contributed by atoms with Crippen LogP contribution in [0.2, 0.25) is 0 Å². The number of aliphatic hydroxyl groups is 2. The molecule has 0 saturated carbocycles. The zero-order chi connectivity index (χ0) is 40.0. The van der Waals surface area contributed by atoms with Gasteiger partial charge >= 0.3 is 35.8 Å². The van der Waals surface area contributed by atoms with Crippen molar-refractivity contribution in [1.82, 2.24) is 0 Å². The van der Waals surface area contributed by atoms with Crippen LogP contribution < -0.4 is 40.1 Å². The van der Waals surface area contributed by atoms with Crippen molar-refractivity contribution >= 4 is 54.4 Å². The standard InChI is InChI=1S/C9H11NO3.C4H8N2O3.C4H9NO3.C3H7NO3.C3H7NO2S.C2H5NO2/c10-8(9(12)13)5-6-1-3-7(11)4-2-6;5-2(4(8)9)1-3(6)7;1-2(6)3(5)4(7)8;4-2(1-5)3(6)7;4-2(1-7)3(5)6;3-1-2(4)5/h1-4,8,11H,5,10H2,(H,12,13);2H,1,5H2,(H2,6,7)(H,8,9);2-3,6H,5H2,1H3,(H,7,8);2,5H,1,4H2,(H,6,7);2,7H,1,4H2,(H,5,6);1,3H2,(H,4,5)/t8-;2-;2-,3+;2*2-;/m00100./s1. The fraction of sp³-hybridized carbons (Fsp3) is 0.480. The molecule has 0 bridgehead atoms. The lowest BCUT2D eigenvalue weighted by molar-refractivity contribution is -0.141. The van der Waals surface area contributed by atoms with Crippen LogP contribution in [0.3, 0.4) is 0 Å². The van der Waals surface area contributed by atoms with Crippen molar-refractivity contribution in [3.05, 3.63) is 29.8 Å². The highest BCUT2D eigenvalue weighted by molar-refractivity contribution is 7.80. The van der Waals surface area contributed by atoms with Gasteiger partial charge in [0.15, 0.2) is 0 Å². The molecule has 0 heterocycles. The van der Waals surface area contributed by atoms with E-state index in [1.807, 2.05) is 0 Å². The minimum absolute atomic E-state index is 0.160. The van der Waals surface area contributed by atoms with Gasteiger partial charge in [0.2, 0.25) is 5.91 Å². The van der Waals surface area contributed by atoms with E-state index < -0.39 is 84.6 Å². The highest BCUT2D eigenvalue weighted by atomic mass is 32.1. The molecule has 0 aliphatic rings. The lowest BCUT2D eigenvalue weighted by Crippen LogP contribution is -2.39. The Hall–Kier alpha value is -4.66. The third-order valence-corrected chi connectivity index (χ3v) is 4.85. The fourth-order valence-electron chi connectivity index (χ4n) is 1.64. The molecule has 0 spiro atoms. The third kappa shape index (κ3) is 39.4. The number of aliphatic hydroxyl groups excluding tert-OH is 2. The Kier molecular flexibility index (Phi) is 35.1. The van der Waals surface area contributed by atoms with Gasteiger partial charge in [-0.3, -0.25) is 33.6 Å². The van der Waals surface area contributed by atoms with Crippen LogP contribution in [0, 0.1) is 0 Å². The van der Waals surface area contributed by atoms with Crippen molar-refractivity contribution in [2.75, 3.05) is 18.9 Å². The maximum atomic E-state index is 10.4. The summed E-state index contributed by atoms with van der Waals surface area (Å²) in [5.74, 6) is -6.92. The molecule has 0 unspecified atom stereocenters. The Bertz CT molecular complexity index is 1110. The zero-order valence-corrected chi connectivity index (χ0v) is 27.1. The maximum absolute atomic E-state index is 10.4. The number of hydrogen-bond acceptors (Lipinski definition) is 17. The van der Waals surface area contributed by atoms with Crippen LogP contribution in [-0.4, -0.2) is 143 Å². The highest BCUT2D eigenvalue weighted by Crippen LogP contribution is 2.10. The van der Waals surface area contributed by atoms with Gasteiger partial charge in [-0.1, -0.05) is 12.1 Å². The molecule has 0 fully saturated rings. The van der Waals surface area contributed by atoms with Gasteiger partial charge < -0.3 is 86.1 Å². The largest absolute Gasteiger partial charge is 0.508 e. The van der Waals surface area contributed by atoms with Gasteiger partial charge in [0, 0.05) is 5.75 Å². The van der Waals surface area contributed by atoms with Crippen LogP contribution in [-0.2, 0) is 40.0 Å². The number of amides is 1. The first-order chi connectivity index (χ1) is 22.3. The second-order valence-electron chi connectivity index (χ2n) is 8.89. The molecule has 0 radical (unpaired) electrons. The summed E-state index contributed by atoms with van der Waals surface area (Å²) in [7, 11) is 0. The quantitative estimate of drug-likeness (QED) is 0.0839. The van der Waals surface area contributed by atoms with Crippen LogP contribution in [0.25, 0.3) is 0 Å². The Morgan fingerprint density at radius 2 is 1.06 bits per heavy atom. The van der Waals surface area contributed by atoms with Gasteiger partial charge in [0.05, 0.1) is 25.7 Å². The predicted octanol–water partition coefficient (Wildman–Crippen LogP) is -5.85. The molecule has 0 aromatic heterocycles. The summed E-state index contributed by atoms with van der Waals surface area (Å²) >= 11 is 3.65. The average Bonchev–Trinajstić information content (AvgIpc) is 3.01. The van der Waals surface area contributed by atoms with Gasteiger partial charge in [0.1, 0.15) is 36.0 Å². The number of rotatable bonds is 13. The molecule has 49 heavy (non-hydrogen) atoms. The molecule has 1 aromatic rings. The fourth-order valence-corrected chi connectivity index (χ4v) is 1.80. The van der Waals surface area contributed by atoms with Crippen molar-refractivity contribution in [2.24, 2.45) is 40.1 Å². The Labute approximate surface area is 284 Å². The first-order valence-corrected chi connectivity index (χ1v) is 13.7. The van der Waals surface area contributed by atoms with Gasteiger partial charge in [-0.15, -0.1) is 0 Å². The van der Waals surface area contributed by atoms with E-state index in [-0.39, 0.29) is 30.9 Å². The highest BCUT2D eigenvalue weighted by Gasteiger charge is 2.16. The average molecular weight is 734 g/mol. The zero-order valence-electron chi connectivity index (χ0n) is 26.2. The molecule has 23 nitrogen and oxygen atoms in total. The molecule has 1 aromatic carbocycles. The first-order valence-electron chi connectivity index (χ1n) is 13.1. The van der Waals surface area contributed by atoms with E-state index in [0.717, 1.165) is 5.56 Å². The molecule has 23 N–H and O–H groups in total. The molecule has 6 atom stereocenters. The summed E-state index contributed by atoms with van der Waals surface area (Å²) in [5.41, 5.74) is 34.9. The maximum Gasteiger partial charge on any atom is 0.323 e. The molecule has 1 rings (SSSR count). The number of nitrogens with two attached hydrogens (primary N) is 7. The number of carboxylic acids is 6. The predicted molar refractivity (Wildman–Crippen MR) is 173 cm³/mol. The van der Waals surface area contributed by atoms with Crippen LogP contribution in [0.15, 0.2) is 24.3 Å². The second-order valence-corrected chi connectivity index (χ2v) is 9.25.